The summed E-state index contributed by atoms with van der Waals surface area (Å²) in [6.07, 6.45) is 0.717. The molecule has 2 amide bonds. The first-order chi connectivity index (χ1) is 14.0. The minimum atomic E-state index is -1.21. The largest absolute Gasteiger partial charge is 0.388 e. The number of thiophene rings is 1. The second-order valence-electron chi connectivity index (χ2n) is 9.35. The number of rotatable bonds is 4. The van der Waals surface area contributed by atoms with Crippen LogP contribution in [0.5, 0.6) is 0 Å². The van der Waals surface area contributed by atoms with Crippen molar-refractivity contribution in [2.24, 2.45) is 5.41 Å². The Labute approximate surface area is 180 Å². The predicted molar refractivity (Wildman–Crippen MR) is 116 cm³/mol. The van der Waals surface area contributed by atoms with E-state index in [1.54, 1.807) is 11.8 Å². The van der Waals surface area contributed by atoms with Crippen molar-refractivity contribution in [2.45, 2.75) is 58.2 Å². The fraction of sp³-hybridized carbons (Fsp3) is 0.478. The van der Waals surface area contributed by atoms with Crippen molar-refractivity contribution in [3.05, 3.63) is 58.0 Å². The molecule has 1 fully saturated rings. The summed E-state index contributed by atoms with van der Waals surface area (Å²) in [6.45, 7) is 8.14. The first-order valence-corrected chi connectivity index (χ1v) is 11.0. The summed E-state index contributed by atoms with van der Waals surface area (Å²) in [5.41, 5.74) is -1.08. The topological polar surface area (TPSA) is 69.6 Å². The Kier molecular flexibility index (Phi) is 6.34. The molecule has 0 aliphatic carbocycles. The van der Waals surface area contributed by atoms with Crippen LogP contribution in [-0.2, 0) is 4.79 Å². The van der Waals surface area contributed by atoms with Crippen LogP contribution in [0.2, 0.25) is 0 Å². The Morgan fingerprint density at radius 3 is 2.50 bits per heavy atom. The van der Waals surface area contributed by atoms with Crippen LogP contribution in [0.3, 0.4) is 0 Å². The molecule has 1 aliphatic rings. The van der Waals surface area contributed by atoms with E-state index in [2.05, 4.69) is 5.32 Å². The van der Waals surface area contributed by atoms with E-state index < -0.39 is 29.4 Å². The maximum absolute atomic E-state index is 13.2. The van der Waals surface area contributed by atoms with Gasteiger partial charge in [-0.15, -0.1) is 11.3 Å². The number of hydrogen-bond donors (Lipinski definition) is 2. The van der Waals surface area contributed by atoms with Crippen molar-refractivity contribution < 1.29 is 19.1 Å². The highest BCUT2D eigenvalue weighted by molar-refractivity contribution is 7.10. The normalized spacial score (nSPS) is 24.5. The summed E-state index contributed by atoms with van der Waals surface area (Å²) in [7, 11) is 0. The second kappa shape index (κ2) is 8.47. The zero-order valence-corrected chi connectivity index (χ0v) is 18.6. The average molecular weight is 433 g/mol. The molecule has 0 saturated carbocycles. The van der Waals surface area contributed by atoms with Gasteiger partial charge in [-0.05, 0) is 54.5 Å². The first-order valence-electron chi connectivity index (χ1n) is 10.1. The summed E-state index contributed by atoms with van der Waals surface area (Å²) >= 11 is 1.49. The molecule has 0 bridgehead atoms. The van der Waals surface area contributed by atoms with Crippen LogP contribution >= 0.6 is 11.3 Å². The van der Waals surface area contributed by atoms with Gasteiger partial charge in [-0.1, -0.05) is 26.8 Å². The smallest absolute Gasteiger partial charge is 0.251 e. The minimum absolute atomic E-state index is 0.00238. The lowest BCUT2D eigenvalue weighted by atomic mass is 9.80. The maximum atomic E-state index is 13.2. The number of nitrogens with one attached hydrogen (secondary N) is 1. The van der Waals surface area contributed by atoms with Gasteiger partial charge in [-0.2, -0.15) is 0 Å². The van der Waals surface area contributed by atoms with Crippen molar-refractivity contribution in [1.29, 1.82) is 0 Å². The molecule has 1 saturated heterocycles. The van der Waals surface area contributed by atoms with Crippen LogP contribution in [0.15, 0.2) is 41.8 Å². The number of aliphatic hydroxyl groups is 1. The van der Waals surface area contributed by atoms with E-state index >= 15 is 0 Å². The molecule has 3 rings (SSSR count). The molecule has 7 heteroatoms. The Hall–Kier alpha value is -2.25. The lowest BCUT2D eigenvalue weighted by molar-refractivity contribution is -0.144. The highest BCUT2D eigenvalue weighted by Gasteiger charge is 2.48. The van der Waals surface area contributed by atoms with Crippen LogP contribution in [0, 0.1) is 11.2 Å². The maximum Gasteiger partial charge on any atom is 0.251 e. The zero-order valence-electron chi connectivity index (χ0n) is 17.8. The molecule has 2 heterocycles. The van der Waals surface area contributed by atoms with Crippen molar-refractivity contribution in [3.8, 4) is 0 Å². The van der Waals surface area contributed by atoms with Gasteiger partial charge in [0.05, 0.1) is 17.7 Å². The predicted octanol–water partition coefficient (Wildman–Crippen LogP) is 4.15. The van der Waals surface area contributed by atoms with Crippen LogP contribution in [-0.4, -0.2) is 40.0 Å². The van der Waals surface area contributed by atoms with E-state index in [9.17, 15) is 19.1 Å². The molecule has 5 nitrogen and oxygen atoms in total. The third-order valence-corrected chi connectivity index (χ3v) is 6.35. The quantitative estimate of drug-likeness (QED) is 0.763. The van der Waals surface area contributed by atoms with E-state index in [0.717, 1.165) is 4.88 Å². The molecule has 0 spiro atoms. The fourth-order valence-electron chi connectivity index (χ4n) is 3.83. The van der Waals surface area contributed by atoms with Crippen molar-refractivity contribution in [2.75, 3.05) is 6.54 Å². The monoisotopic (exact) mass is 432 g/mol. The number of carbonyl (C=O) groups is 2. The molecule has 30 heavy (non-hydrogen) atoms. The fourth-order valence-corrected chi connectivity index (χ4v) is 4.71. The molecule has 1 aromatic carbocycles. The Bertz CT molecular complexity index is 888. The van der Waals surface area contributed by atoms with Gasteiger partial charge in [-0.25, -0.2) is 4.39 Å². The zero-order chi connectivity index (χ0) is 22.1. The Morgan fingerprint density at radius 2 is 1.93 bits per heavy atom. The van der Waals surface area contributed by atoms with Gasteiger partial charge in [0.15, 0.2) is 0 Å². The van der Waals surface area contributed by atoms with Crippen LogP contribution < -0.4 is 5.32 Å². The summed E-state index contributed by atoms with van der Waals surface area (Å²) in [5.74, 6) is -0.837. The third kappa shape index (κ3) is 5.08. The molecule has 3 atom stereocenters. The van der Waals surface area contributed by atoms with Crippen molar-refractivity contribution in [1.82, 2.24) is 10.2 Å². The average Bonchev–Trinajstić information content (AvgIpc) is 3.16. The van der Waals surface area contributed by atoms with E-state index in [0.29, 0.717) is 24.9 Å². The molecule has 1 aromatic heterocycles. The molecule has 2 aromatic rings. The lowest BCUT2D eigenvalue weighted by Gasteiger charge is -2.49. The molecular formula is C23H29FN2O3S. The van der Waals surface area contributed by atoms with E-state index in [1.807, 2.05) is 38.3 Å². The van der Waals surface area contributed by atoms with Gasteiger partial charge in [-0.3, -0.25) is 9.59 Å². The molecule has 0 radical (unpaired) electrons. The Morgan fingerprint density at radius 1 is 1.27 bits per heavy atom. The Balaban J connectivity index is 1.94. The molecule has 2 N–H and O–H groups in total. The number of hydrogen-bond acceptors (Lipinski definition) is 4. The van der Waals surface area contributed by atoms with E-state index in [4.69, 9.17) is 0 Å². The van der Waals surface area contributed by atoms with Gasteiger partial charge < -0.3 is 15.3 Å². The number of nitrogens with zero attached hydrogens (tertiary/aromatic N) is 1. The molecule has 162 valence electrons. The van der Waals surface area contributed by atoms with Gasteiger partial charge >= 0.3 is 0 Å². The number of piperidine rings is 1. The lowest BCUT2D eigenvalue weighted by Crippen LogP contribution is -2.63. The number of halogens is 1. The van der Waals surface area contributed by atoms with Gasteiger partial charge in [0.2, 0.25) is 5.91 Å². The van der Waals surface area contributed by atoms with Crippen molar-refractivity contribution in [3.63, 3.8) is 0 Å². The summed E-state index contributed by atoms with van der Waals surface area (Å²) < 4.78 is 13.2. The van der Waals surface area contributed by atoms with Crippen LogP contribution in [0.1, 0.15) is 61.8 Å². The van der Waals surface area contributed by atoms with Gasteiger partial charge in [0.25, 0.3) is 5.91 Å². The summed E-state index contributed by atoms with van der Waals surface area (Å²) in [6, 6.07) is 7.91. The van der Waals surface area contributed by atoms with Crippen LogP contribution in [0.25, 0.3) is 0 Å². The summed E-state index contributed by atoms with van der Waals surface area (Å²) in [5, 5.41) is 16.0. The SMILES string of the molecule is CC(C)(C)CC(=O)N1CCC(C)(O)C(NC(=O)c2ccc(F)cc2)C1c1cccs1. The molecule has 1 aliphatic heterocycles. The van der Waals surface area contributed by atoms with E-state index in [1.165, 1.54) is 35.6 Å². The van der Waals surface area contributed by atoms with Gasteiger partial charge in [0.1, 0.15) is 5.82 Å². The molecule has 3 unspecified atom stereocenters. The first kappa shape index (κ1) is 22.4. The standard InChI is InChI=1S/C23H29FN2O3S/c1-22(2,3)14-18(27)26-12-11-23(4,29)20(19(26)17-6-5-13-30-17)25-21(28)15-7-9-16(24)10-8-15/h5-10,13,19-20,29H,11-12,14H2,1-4H3,(H,25,28). The minimum Gasteiger partial charge on any atom is -0.388 e. The number of likely N-dealkylation sites (tertiary alicyclic amines) is 1. The van der Waals surface area contributed by atoms with Crippen LogP contribution in [0.4, 0.5) is 4.39 Å². The number of benzene rings is 1. The van der Waals surface area contributed by atoms with Crippen molar-refractivity contribution >= 4 is 23.2 Å². The molecular weight excluding hydrogens is 403 g/mol. The highest BCUT2D eigenvalue weighted by atomic mass is 32.1. The number of amides is 2. The number of carbonyl (C=O) groups excluding carboxylic acids is 2. The van der Waals surface area contributed by atoms with E-state index in [-0.39, 0.29) is 11.3 Å². The highest BCUT2D eigenvalue weighted by Crippen LogP contribution is 2.40. The summed E-state index contributed by atoms with van der Waals surface area (Å²) in [4.78, 5) is 28.7. The second-order valence-corrected chi connectivity index (χ2v) is 10.3. The third-order valence-electron chi connectivity index (χ3n) is 5.41. The van der Waals surface area contributed by atoms with Gasteiger partial charge in [0, 0.05) is 23.4 Å².